The van der Waals surface area contributed by atoms with Crippen LogP contribution >= 0.6 is 0 Å². The molecule has 0 bridgehead atoms. The van der Waals surface area contributed by atoms with E-state index in [9.17, 15) is 13.2 Å². The van der Waals surface area contributed by atoms with Gasteiger partial charge in [0.15, 0.2) is 0 Å². The van der Waals surface area contributed by atoms with Gasteiger partial charge in [-0.15, -0.1) is 0 Å². The first-order chi connectivity index (χ1) is 6.97. The Morgan fingerprint density at radius 3 is 2.73 bits per heavy atom. The molecule has 0 radical (unpaired) electrons. The molecule has 0 saturated carbocycles. The molecule has 0 spiro atoms. The molecule has 1 atom stereocenters. The van der Waals surface area contributed by atoms with Gasteiger partial charge in [-0.3, -0.25) is 4.79 Å². The third-order valence-corrected chi connectivity index (χ3v) is 4.24. The number of aliphatic carboxylic acids is 1. The van der Waals surface area contributed by atoms with Gasteiger partial charge in [0.1, 0.15) is 0 Å². The normalized spacial score (nSPS) is 23.1. The lowest BCUT2D eigenvalue weighted by Crippen LogP contribution is -2.33. The molecule has 0 amide bonds. The maximum atomic E-state index is 11.6. The predicted octanol–water partition coefficient (Wildman–Crippen LogP) is -0.631. The van der Waals surface area contributed by atoms with Gasteiger partial charge in [-0.2, -0.15) is 0 Å². The van der Waals surface area contributed by atoms with Crippen molar-refractivity contribution in [3.8, 4) is 0 Å². The monoisotopic (exact) mass is 237 g/mol. The van der Waals surface area contributed by atoms with Crippen LogP contribution in [0, 0.1) is 5.92 Å². The summed E-state index contributed by atoms with van der Waals surface area (Å²) < 4.78 is 29.1. The quantitative estimate of drug-likeness (QED) is 0.688. The summed E-state index contributed by atoms with van der Waals surface area (Å²) >= 11 is 0. The van der Waals surface area contributed by atoms with Gasteiger partial charge < -0.3 is 9.84 Å². The maximum Gasteiger partial charge on any atom is 0.307 e. The Balaban J connectivity index is 2.56. The fourth-order valence-corrected chi connectivity index (χ4v) is 2.93. The molecule has 1 fully saturated rings. The summed E-state index contributed by atoms with van der Waals surface area (Å²) in [7, 11) is -1.91. The van der Waals surface area contributed by atoms with E-state index in [-0.39, 0.29) is 18.9 Å². The van der Waals surface area contributed by atoms with Crippen molar-refractivity contribution in [2.24, 2.45) is 5.92 Å². The zero-order chi connectivity index (χ0) is 11.5. The highest BCUT2D eigenvalue weighted by Crippen LogP contribution is 2.19. The second-order valence-electron chi connectivity index (χ2n) is 3.49. The number of hydrogen-bond acceptors (Lipinski definition) is 4. The smallest absolute Gasteiger partial charge is 0.307 e. The van der Waals surface area contributed by atoms with Crippen molar-refractivity contribution in [3.63, 3.8) is 0 Å². The highest BCUT2D eigenvalue weighted by Gasteiger charge is 2.34. The van der Waals surface area contributed by atoms with E-state index in [1.165, 1.54) is 11.4 Å². The first-order valence-corrected chi connectivity index (χ1v) is 6.28. The number of hydrogen-bond donors (Lipinski definition) is 1. The summed E-state index contributed by atoms with van der Waals surface area (Å²) in [5, 5.41) is 8.73. The van der Waals surface area contributed by atoms with Crippen LogP contribution in [0.5, 0.6) is 0 Å². The van der Waals surface area contributed by atoms with E-state index in [4.69, 9.17) is 5.11 Å². The first-order valence-electron chi connectivity index (χ1n) is 4.67. The second-order valence-corrected chi connectivity index (χ2v) is 5.58. The Labute approximate surface area is 88.9 Å². The molecular formula is C8H15NO5S. The molecule has 0 aliphatic carbocycles. The van der Waals surface area contributed by atoms with Crippen molar-refractivity contribution in [1.82, 2.24) is 4.31 Å². The van der Waals surface area contributed by atoms with Crippen molar-refractivity contribution >= 4 is 16.0 Å². The van der Waals surface area contributed by atoms with Gasteiger partial charge in [-0.25, -0.2) is 12.7 Å². The Morgan fingerprint density at radius 1 is 1.60 bits per heavy atom. The molecule has 0 aromatic carbocycles. The maximum absolute atomic E-state index is 11.6. The zero-order valence-electron chi connectivity index (χ0n) is 8.55. The van der Waals surface area contributed by atoms with Gasteiger partial charge >= 0.3 is 5.97 Å². The number of sulfonamides is 1. The molecule has 15 heavy (non-hydrogen) atoms. The van der Waals surface area contributed by atoms with E-state index in [0.717, 1.165) is 0 Å². The Bertz CT molecular complexity index is 326. The lowest BCUT2D eigenvalue weighted by atomic mass is 10.1. The summed E-state index contributed by atoms with van der Waals surface area (Å²) in [6.45, 7) is 0.515. The van der Waals surface area contributed by atoms with Gasteiger partial charge in [0.2, 0.25) is 10.0 Å². The van der Waals surface area contributed by atoms with E-state index in [1.54, 1.807) is 0 Å². The lowest BCUT2D eigenvalue weighted by molar-refractivity contribution is -0.141. The van der Waals surface area contributed by atoms with Crippen molar-refractivity contribution in [2.45, 2.75) is 6.42 Å². The molecule has 0 aromatic heterocycles. The number of rotatable bonds is 5. The van der Waals surface area contributed by atoms with Crippen molar-refractivity contribution in [2.75, 3.05) is 32.6 Å². The number of carboxylic acid groups (broad SMARTS) is 1. The third-order valence-electron chi connectivity index (χ3n) is 2.44. The minimum atomic E-state index is -3.34. The van der Waals surface area contributed by atoms with Crippen LogP contribution in [0.4, 0.5) is 0 Å². The molecule has 1 aliphatic heterocycles. The highest BCUT2D eigenvalue weighted by atomic mass is 32.2. The van der Waals surface area contributed by atoms with Crippen LogP contribution in [0.1, 0.15) is 6.42 Å². The molecule has 1 N–H and O–H groups in total. The molecule has 1 saturated heterocycles. The number of carbonyl (C=O) groups is 1. The van der Waals surface area contributed by atoms with Crippen molar-refractivity contribution in [1.29, 1.82) is 0 Å². The zero-order valence-corrected chi connectivity index (χ0v) is 9.37. The summed E-state index contributed by atoms with van der Waals surface area (Å²) in [6.07, 6.45) is 0.390. The Morgan fingerprint density at radius 2 is 2.27 bits per heavy atom. The van der Waals surface area contributed by atoms with E-state index < -0.39 is 21.9 Å². The molecule has 1 rings (SSSR count). The molecule has 6 nitrogen and oxygen atoms in total. The molecule has 1 aliphatic rings. The Kier molecular flexibility index (Phi) is 4.06. The van der Waals surface area contributed by atoms with Crippen LogP contribution in [0.2, 0.25) is 0 Å². The van der Waals surface area contributed by atoms with E-state index >= 15 is 0 Å². The van der Waals surface area contributed by atoms with Gasteiger partial charge in [-0.1, -0.05) is 0 Å². The number of carboxylic acids is 1. The van der Waals surface area contributed by atoms with Crippen LogP contribution in [0.15, 0.2) is 0 Å². The highest BCUT2D eigenvalue weighted by molar-refractivity contribution is 7.89. The standard InChI is InChI=1S/C8H15NO5S/c1-14-4-5-15(12,13)9-3-2-7(6-9)8(10)11/h7H,2-6H2,1H3,(H,10,11). The largest absolute Gasteiger partial charge is 0.481 e. The van der Waals surface area contributed by atoms with Gasteiger partial charge in [0.25, 0.3) is 0 Å². The van der Waals surface area contributed by atoms with Crippen LogP contribution in [0.25, 0.3) is 0 Å². The minimum Gasteiger partial charge on any atom is -0.481 e. The minimum absolute atomic E-state index is 0.0847. The fourth-order valence-electron chi connectivity index (χ4n) is 1.50. The summed E-state index contributed by atoms with van der Waals surface area (Å²) in [6, 6.07) is 0. The lowest BCUT2D eigenvalue weighted by Gasteiger charge is -2.15. The van der Waals surface area contributed by atoms with Crippen LogP contribution in [-0.4, -0.2) is 56.4 Å². The number of ether oxygens (including phenoxy) is 1. The second kappa shape index (κ2) is 4.91. The molecule has 7 heteroatoms. The van der Waals surface area contributed by atoms with E-state index in [2.05, 4.69) is 4.74 Å². The van der Waals surface area contributed by atoms with Gasteiger partial charge in [0.05, 0.1) is 18.3 Å². The number of nitrogens with zero attached hydrogens (tertiary/aromatic N) is 1. The van der Waals surface area contributed by atoms with Crippen molar-refractivity contribution < 1.29 is 23.1 Å². The fraction of sp³-hybridized carbons (Fsp3) is 0.875. The summed E-state index contributed by atoms with van der Waals surface area (Å²) in [4.78, 5) is 10.6. The first kappa shape index (κ1) is 12.4. The van der Waals surface area contributed by atoms with Crippen molar-refractivity contribution in [3.05, 3.63) is 0 Å². The third kappa shape index (κ3) is 3.15. The SMILES string of the molecule is COCCS(=O)(=O)N1CCC(C(=O)O)C1. The summed E-state index contributed by atoms with van der Waals surface area (Å²) in [5.74, 6) is -1.59. The van der Waals surface area contributed by atoms with Gasteiger partial charge in [-0.05, 0) is 6.42 Å². The summed E-state index contributed by atoms with van der Waals surface area (Å²) in [5.41, 5.74) is 0. The van der Waals surface area contributed by atoms with Gasteiger partial charge in [0, 0.05) is 20.2 Å². The topological polar surface area (TPSA) is 83.9 Å². The number of methoxy groups -OCH3 is 1. The van der Waals surface area contributed by atoms with Crippen LogP contribution < -0.4 is 0 Å². The van der Waals surface area contributed by atoms with Crippen LogP contribution in [-0.2, 0) is 19.6 Å². The molecule has 88 valence electrons. The molecule has 0 aromatic rings. The molecule has 1 unspecified atom stereocenters. The Hall–Kier alpha value is -0.660. The average molecular weight is 237 g/mol. The predicted molar refractivity (Wildman–Crippen MR) is 53.0 cm³/mol. The average Bonchev–Trinajstić information content (AvgIpc) is 2.64. The van der Waals surface area contributed by atoms with E-state index in [0.29, 0.717) is 13.0 Å². The molecular weight excluding hydrogens is 222 g/mol. The molecule has 1 heterocycles. The van der Waals surface area contributed by atoms with Crippen LogP contribution in [0.3, 0.4) is 0 Å². The van der Waals surface area contributed by atoms with E-state index in [1.807, 2.05) is 0 Å².